The zero-order chi connectivity index (χ0) is 13.8. The Hall–Kier alpha value is -2.19. The number of halogens is 1. The van der Waals surface area contributed by atoms with Gasteiger partial charge in [-0.25, -0.2) is 4.98 Å². The van der Waals surface area contributed by atoms with E-state index in [1.165, 1.54) is 5.56 Å². The zero-order valence-electron chi connectivity index (χ0n) is 10.8. The standard InChI is InChI=1S/C17H13ClN2/c18-16-12-19-15(11-13-7-3-1-4-8-13)17(20-16)14-9-5-2-6-10-14/h1-10,12H,11H2. The highest BCUT2D eigenvalue weighted by Gasteiger charge is 2.10. The van der Waals surface area contributed by atoms with Crippen LogP contribution in [-0.2, 0) is 6.42 Å². The first kappa shape index (κ1) is 12.8. The number of hydrogen-bond acceptors (Lipinski definition) is 2. The minimum atomic E-state index is 0.417. The fourth-order valence-corrected chi connectivity index (χ4v) is 2.27. The van der Waals surface area contributed by atoms with E-state index < -0.39 is 0 Å². The lowest BCUT2D eigenvalue weighted by molar-refractivity contribution is 1.04. The molecule has 0 unspecified atom stereocenters. The smallest absolute Gasteiger partial charge is 0.148 e. The van der Waals surface area contributed by atoms with Crippen molar-refractivity contribution in [1.82, 2.24) is 9.97 Å². The lowest BCUT2D eigenvalue weighted by atomic mass is 10.0. The third-order valence-corrected chi connectivity index (χ3v) is 3.26. The monoisotopic (exact) mass is 280 g/mol. The van der Waals surface area contributed by atoms with Crippen LogP contribution in [0.4, 0.5) is 0 Å². The highest BCUT2D eigenvalue weighted by Crippen LogP contribution is 2.23. The van der Waals surface area contributed by atoms with Gasteiger partial charge < -0.3 is 0 Å². The maximum Gasteiger partial charge on any atom is 0.148 e. The van der Waals surface area contributed by atoms with Crippen LogP contribution in [0.15, 0.2) is 66.9 Å². The van der Waals surface area contributed by atoms with E-state index >= 15 is 0 Å². The van der Waals surface area contributed by atoms with Crippen LogP contribution in [0.3, 0.4) is 0 Å². The Morgan fingerprint density at radius 3 is 2.20 bits per heavy atom. The largest absolute Gasteiger partial charge is 0.255 e. The molecule has 0 saturated heterocycles. The first-order valence-corrected chi connectivity index (χ1v) is 6.81. The number of rotatable bonds is 3. The number of aromatic nitrogens is 2. The summed E-state index contributed by atoms with van der Waals surface area (Å²) >= 11 is 6.00. The molecule has 0 radical (unpaired) electrons. The van der Waals surface area contributed by atoms with Gasteiger partial charge >= 0.3 is 0 Å². The number of benzene rings is 2. The van der Waals surface area contributed by atoms with Crippen molar-refractivity contribution in [2.75, 3.05) is 0 Å². The molecule has 1 aromatic heterocycles. The average Bonchev–Trinajstić information content (AvgIpc) is 2.51. The third-order valence-electron chi connectivity index (χ3n) is 3.08. The van der Waals surface area contributed by atoms with Crippen molar-refractivity contribution >= 4 is 11.6 Å². The summed E-state index contributed by atoms with van der Waals surface area (Å²) in [4.78, 5) is 8.90. The molecule has 0 aliphatic rings. The van der Waals surface area contributed by atoms with Gasteiger partial charge in [-0.1, -0.05) is 72.3 Å². The first-order valence-electron chi connectivity index (χ1n) is 6.44. The van der Waals surface area contributed by atoms with Gasteiger partial charge in [0.15, 0.2) is 0 Å². The van der Waals surface area contributed by atoms with Crippen LogP contribution in [0.25, 0.3) is 11.3 Å². The van der Waals surface area contributed by atoms with Gasteiger partial charge in [0, 0.05) is 12.0 Å². The molecule has 0 atom stereocenters. The molecule has 0 N–H and O–H groups in total. The second-order valence-electron chi connectivity index (χ2n) is 4.52. The van der Waals surface area contributed by atoms with E-state index in [4.69, 9.17) is 11.6 Å². The van der Waals surface area contributed by atoms with E-state index in [1.807, 2.05) is 48.5 Å². The lowest BCUT2D eigenvalue weighted by Crippen LogP contribution is -1.99. The maximum absolute atomic E-state index is 6.00. The van der Waals surface area contributed by atoms with Gasteiger partial charge in [0.1, 0.15) is 5.15 Å². The Balaban J connectivity index is 2.03. The van der Waals surface area contributed by atoms with Gasteiger partial charge in [0.2, 0.25) is 0 Å². The first-order chi connectivity index (χ1) is 9.83. The van der Waals surface area contributed by atoms with E-state index in [-0.39, 0.29) is 0 Å². The van der Waals surface area contributed by atoms with Crippen molar-refractivity contribution in [3.05, 3.63) is 83.3 Å². The van der Waals surface area contributed by atoms with Crippen LogP contribution in [0, 0.1) is 0 Å². The highest BCUT2D eigenvalue weighted by atomic mass is 35.5. The van der Waals surface area contributed by atoms with E-state index in [1.54, 1.807) is 6.20 Å². The summed E-state index contributed by atoms with van der Waals surface area (Å²) in [7, 11) is 0. The van der Waals surface area contributed by atoms with Gasteiger partial charge in [-0.3, -0.25) is 4.98 Å². The zero-order valence-corrected chi connectivity index (χ0v) is 11.6. The van der Waals surface area contributed by atoms with Crippen molar-refractivity contribution < 1.29 is 0 Å². The summed E-state index contributed by atoms with van der Waals surface area (Å²) < 4.78 is 0. The van der Waals surface area contributed by atoms with E-state index in [0.717, 1.165) is 23.4 Å². The SMILES string of the molecule is Clc1cnc(Cc2ccccc2)c(-c2ccccc2)n1. The molecule has 0 fully saturated rings. The molecule has 3 aromatic rings. The molecule has 2 nitrogen and oxygen atoms in total. The van der Waals surface area contributed by atoms with Gasteiger partial charge in [0.05, 0.1) is 17.6 Å². The van der Waals surface area contributed by atoms with Crippen molar-refractivity contribution in [2.45, 2.75) is 6.42 Å². The molecule has 1 heterocycles. The second kappa shape index (κ2) is 5.85. The molecule has 0 aliphatic heterocycles. The van der Waals surface area contributed by atoms with Crippen LogP contribution in [0.5, 0.6) is 0 Å². The van der Waals surface area contributed by atoms with Crippen LogP contribution in [0.2, 0.25) is 5.15 Å². The fourth-order valence-electron chi connectivity index (χ4n) is 2.14. The molecule has 3 heteroatoms. The maximum atomic E-state index is 6.00. The summed E-state index contributed by atoms with van der Waals surface area (Å²) in [6, 6.07) is 20.3. The lowest BCUT2D eigenvalue weighted by Gasteiger charge is -2.08. The van der Waals surface area contributed by atoms with Crippen molar-refractivity contribution in [3.8, 4) is 11.3 Å². The highest BCUT2D eigenvalue weighted by molar-refractivity contribution is 6.29. The fraction of sp³-hybridized carbons (Fsp3) is 0.0588. The van der Waals surface area contributed by atoms with Crippen molar-refractivity contribution in [3.63, 3.8) is 0 Å². The number of nitrogens with zero attached hydrogens (tertiary/aromatic N) is 2. The van der Waals surface area contributed by atoms with Gasteiger partial charge in [0.25, 0.3) is 0 Å². The van der Waals surface area contributed by atoms with E-state index in [0.29, 0.717) is 5.15 Å². The Morgan fingerprint density at radius 2 is 1.50 bits per heavy atom. The van der Waals surface area contributed by atoms with Crippen molar-refractivity contribution in [1.29, 1.82) is 0 Å². The summed E-state index contributed by atoms with van der Waals surface area (Å²) in [5.74, 6) is 0. The molecule has 0 spiro atoms. The third kappa shape index (κ3) is 2.86. The second-order valence-corrected chi connectivity index (χ2v) is 4.90. The van der Waals surface area contributed by atoms with Gasteiger partial charge in [-0.2, -0.15) is 0 Å². The molecule has 0 saturated carbocycles. The molecule has 98 valence electrons. The minimum Gasteiger partial charge on any atom is -0.255 e. The summed E-state index contributed by atoms with van der Waals surface area (Å²) in [6.07, 6.45) is 2.35. The Bertz CT molecular complexity index is 697. The quantitative estimate of drug-likeness (QED) is 0.711. The van der Waals surface area contributed by atoms with Crippen molar-refractivity contribution in [2.24, 2.45) is 0 Å². The van der Waals surface area contributed by atoms with Crippen LogP contribution in [-0.4, -0.2) is 9.97 Å². The minimum absolute atomic E-state index is 0.417. The van der Waals surface area contributed by atoms with Crippen LogP contribution in [0.1, 0.15) is 11.3 Å². The van der Waals surface area contributed by atoms with Gasteiger partial charge in [-0.15, -0.1) is 0 Å². The average molecular weight is 281 g/mol. The summed E-state index contributed by atoms with van der Waals surface area (Å²) in [5, 5.41) is 0.417. The normalized spacial score (nSPS) is 10.4. The summed E-state index contributed by atoms with van der Waals surface area (Å²) in [5.41, 5.74) is 4.03. The Labute approximate surface area is 123 Å². The molecule has 20 heavy (non-hydrogen) atoms. The molecule has 2 aromatic carbocycles. The van der Waals surface area contributed by atoms with Crippen LogP contribution < -0.4 is 0 Å². The molecular formula is C17H13ClN2. The Morgan fingerprint density at radius 1 is 0.850 bits per heavy atom. The van der Waals surface area contributed by atoms with Gasteiger partial charge in [-0.05, 0) is 5.56 Å². The predicted octanol–water partition coefficient (Wildman–Crippen LogP) is 4.39. The molecular weight excluding hydrogens is 268 g/mol. The molecule has 0 bridgehead atoms. The van der Waals surface area contributed by atoms with Crippen LogP contribution >= 0.6 is 11.6 Å². The molecule has 0 aliphatic carbocycles. The summed E-state index contributed by atoms with van der Waals surface area (Å²) in [6.45, 7) is 0. The molecule has 0 amide bonds. The topological polar surface area (TPSA) is 25.8 Å². The van der Waals surface area contributed by atoms with E-state index in [9.17, 15) is 0 Å². The van der Waals surface area contributed by atoms with E-state index in [2.05, 4.69) is 22.1 Å². The Kier molecular flexibility index (Phi) is 3.75. The molecule has 3 rings (SSSR count). The predicted molar refractivity (Wildman–Crippen MR) is 81.7 cm³/mol. The number of hydrogen-bond donors (Lipinski definition) is 0.